The van der Waals surface area contributed by atoms with Crippen LogP contribution in [0.5, 0.6) is 0 Å². The summed E-state index contributed by atoms with van der Waals surface area (Å²) in [6, 6.07) is 0. The van der Waals surface area contributed by atoms with Crippen molar-refractivity contribution in [3.63, 3.8) is 0 Å². The fourth-order valence-corrected chi connectivity index (χ4v) is 0.758. The first-order valence-electron chi connectivity index (χ1n) is 2.04. The highest BCUT2D eigenvalue weighted by Crippen LogP contribution is 1.89. The molecule has 0 heterocycles. The molecule has 0 saturated heterocycles. The highest BCUT2D eigenvalue weighted by atomic mass is 35.5. The molecule has 0 bridgehead atoms. The Morgan fingerprint density at radius 1 is 1.70 bits per heavy atom. The van der Waals surface area contributed by atoms with E-state index >= 15 is 0 Å². The number of carbonyl (C=O) groups is 1. The highest BCUT2D eigenvalue weighted by molar-refractivity contribution is 7.83. The lowest BCUT2D eigenvalue weighted by molar-refractivity contribution is -0.125. The molecule has 6 nitrogen and oxygen atoms in total. The molecule has 10 heavy (non-hydrogen) atoms. The van der Waals surface area contributed by atoms with Crippen molar-refractivity contribution in [1.82, 2.24) is 9.36 Å². The number of hydrogen-bond acceptors (Lipinski definition) is 3. The summed E-state index contributed by atoms with van der Waals surface area (Å²) in [5.74, 6) is -0.751. The molecule has 0 aliphatic heterocycles. The second kappa shape index (κ2) is 3.15. The van der Waals surface area contributed by atoms with Crippen molar-refractivity contribution in [3.8, 4) is 0 Å². The smallest absolute Gasteiger partial charge is 0.272 e. The van der Waals surface area contributed by atoms with Crippen LogP contribution in [0, 0.1) is 0 Å². The number of nitrogens with one attached hydrogen (secondary N) is 1. The summed E-state index contributed by atoms with van der Waals surface area (Å²) in [6.07, 6.45) is 0. The van der Waals surface area contributed by atoms with E-state index in [2.05, 4.69) is 0 Å². The van der Waals surface area contributed by atoms with Gasteiger partial charge in [-0.3, -0.25) is 9.35 Å². The second-order valence-corrected chi connectivity index (χ2v) is 2.84. The van der Waals surface area contributed by atoms with Gasteiger partial charge in [-0.25, -0.2) is 0 Å². The van der Waals surface area contributed by atoms with E-state index in [1.165, 1.54) is 4.83 Å². The number of amides is 1. The number of nitrogens with zero attached hydrogens (tertiary/aromatic N) is 1. The Bertz CT molecular complexity index is 223. The molecule has 0 atom stereocenters. The zero-order chi connectivity index (χ0) is 8.36. The summed E-state index contributed by atoms with van der Waals surface area (Å²) in [6.45, 7) is 1.02. The van der Waals surface area contributed by atoms with Gasteiger partial charge < -0.3 is 0 Å². The van der Waals surface area contributed by atoms with Crippen LogP contribution in [0.15, 0.2) is 0 Å². The highest BCUT2D eigenvalue weighted by Gasteiger charge is 2.11. The van der Waals surface area contributed by atoms with Crippen molar-refractivity contribution in [2.45, 2.75) is 6.92 Å². The van der Waals surface area contributed by atoms with E-state index < -0.39 is 16.2 Å². The van der Waals surface area contributed by atoms with E-state index in [0.717, 1.165) is 6.92 Å². The van der Waals surface area contributed by atoms with Gasteiger partial charge in [0, 0.05) is 18.7 Å². The standard InChI is InChI=1S/C2H5ClN2O4S/c1-2(6)5(3)4-10(7,8)9/h4H,1H3,(H,7,8,9). The van der Waals surface area contributed by atoms with Crippen molar-refractivity contribution >= 4 is 28.0 Å². The maximum absolute atomic E-state index is 10.2. The topological polar surface area (TPSA) is 86.7 Å². The molecule has 0 aromatic carbocycles. The van der Waals surface area contributed by atoms with Gasteiger partial charge in [0.2, 0.25) is 5.91 Å². The van der Waals surface area contributed by atoms with Gasteiger partial charge in [-0.1, -0.05) is 4.83 Å². The zero-order valence-electron chi connectivity index (χ0n) is 4.91. The molecule has 8 heteroatoms. The lowest BCUT2D eigenvalue weighted by atomic mass is 10.8. The number of carbonyl (C=O) groups excluding carboxylic acids is 1. The van der Waals surface area contributed by atoms with Crippen LogP contribution >= 0.6 is 11.8 Å². The largest absolute Gasteiger partial charge is 0.351 e. The fraction of sp³-hybridized carbons (Fsp3) is 0.500. The van der Waals surface area contributed by atoms with Gasteiger partial charge in [0.15, 0.2) is 0 Å². The Labute approximate surface area is 62.7 Å². The molecule has 0 unspecified atom stereocenters. The van der Waals surface area contributed by atoms with Crippen molar-refractivity contribution in [2.24, 2.45) is 0 Å². The second-order valence-electron chi connectivity index (χ2n) is 1.37. The molecule has 0 aromatic heterocycles. The molecule has 0 aliphatic rings. The van der Waals surface area contributed by atoms with E-state index in [0.29, 0.717) is 0 Å². The van der Waals surface area contributed by atoms with Gasteiger partial charge in [0.25, 0.3) is 0 Å². The molecule has 60 valence electrons. The molecule has 0 aromatic rings. The van der Waals surface area contributed by atoms with Gasteiger partial charge in [-0.05, 0) is 0 Å². The third-order valence-corrected chi connectivity index (χ3v) is 1.31. The first-order chi connectivity index (χ1) is 4.33. The first kappa shape index (κ1) is 9.63. The summed E-state index contributed by atoms with van der Waals surface area (Å²) in [7, 11) is -4.45. The number of rotatable bonds is 2. The average Bonchev–Trinajstić information content (AvgIpc) is 1.60. The van der Waals surface area contributed by atoms with Gasteiger partial charge in [0.05, 0.1) is 0 Å². The van der Waals surface area contributed by atoms with Gasteiger partial charge in [-0.2, -0.15) is 12.9 Å². The monoisotopic (exact) mass is 188 g/mol. The van der Waals surface area contributed by atoms with Crippen LogP contribution < -0.4 is 4.83 Å². The minimum absolute atomic E-state index is 0.120. The quantitative estimate of drug-likeness (QED) is 0.341. The Balaban J connectivity index is 4.06. The van der Waals surface area contributed by atoms with Crippen molar-refractivity contribution < 1.29 is 17.8 Å². The molecule has 0 radical (unpaired) electrons. The summed E-state index contributed by atoms with van der Waals surface area (Å²) >= 11 is 4.93. The van der Waals surface area contributed by atoms with Crippen LogP contribution in [-0.2, 0) is 15.1 Å². The third-order valence-electron chi connectivity index (χ3n) is 0.472. The van der Waals surface area contributed by atoms with Crippen LogP contribution in [-0.4, -0.2) is 23.4 Å². The summed E-state index contributed by atoms with van der Waals surface area (Å²) in [5.41, 5.74) is 0. The minimum Gasteiger partial charge on any atom is -0.272 e. The van der Waals surface area contributed by atoms with E-state index in [9.17, 15) is 13.2 Å². The first-order valence-corrected chi connectivity index (χ1v) is 3.82. The van der Waals surface area contributed by atoms with Crippen molar-refractivity contribution in [1.29, 1.82) is 0 Å². The SMILES string of the molecule is CC(=O)N(Cl)NS(=O)(=O)O. The molecule has 2 N–H and O–H groups in total. The van der Waals surface area contributed by atoms with Gasteiger partial charge >= 0.3 is 10.3 Å². The maximum atomic E-state index is 10.2. The predicted octanol–water partition coefficient (Wildman–Crippen LogP) is -0.704. The molecule has 1 amide bonds. The molecular formula is C2H5ClN2O4S. The van der Waals surface area contributed by atoms with E-state index in [1.54, 1.807) is 0 Å². The van der Waals surface area contributed by atoms with E-state index in [-0.39, 0.29) is 4.53 Å². The Kier molecular flexibility index (Phi) is 3.03. The van der Waals surface area contributed by atoms with Crippen molar-refractivity contribution in [3.05, 3.63) is 0 Å². The predicted molar refractivity (Wildman–Crippen MR) is 33.1 cm³/mol. The van der Waals surface area contributed by atoms with Crippen LogP contribution in [0.25, 0.3) is 0 Å². The third kappa shape index (κ3) is 4.50. The fourth-order valence-electron chi connectivity index (χ4n) is 0.166. The normalized spacial score (nSPS) is 11.1. The minimum atomic E-state index is -4.45. The lowest BCUT2D eigenvalue weighted by Crippen LogP contribution is -2.37. The number of hydrogen-bond donors (Lipinski definition) is 2. The molecule has 0 rings (SSSR count). The van der Waals surface area contributed by atoms with Crippen LogP contribution in [0.4, 0.5) is 0 Å². The van der Waals surface area contributed by atoms with Crippen LogP contribution in [0.3, 0.4) is 0 Å². The molecule has 0 aliphatic carbocycles. The van der Waals surface area contributed by atoms with E-state index in [1.807, 2.05) is 0 Å². The van der Waals surface area contributed by atoms with E-state index in [4.69, 9.17) is 16.3 Å². The molecule has 0 fully saturated rings. The van der Waals surface area contributed by atoms with Crippen molar-refractivity contribution in [2.75, 3.05) is 0 Å². The number of halogens is 1. The zero-order valence-corrected chi connectivity index (χ0v) is 6.48. The Morgan fingerprint density at radius 3 is 2.20 bits per heavy atom. The summed E-state index contributed by atoms with van der Waals surface area (Å²) in [4.78, 5) is 11.5. The summed E-state index contributed by atoms with van der Waals surface area (Å²) < 4.78 is 28.0. The Morgan fingerprint density at radius 2 is 2.10 bits per heavy atom. The molecule has 0 spiro atoms. The lowest BCUT2D eigenvalue weighted by Gasteiger charge is -2.08. The van der Waals surface area contributed by atoms with Crippen LogP contribution in [0.2, 0.25) is 0 Å². The average molecular weight is 189 g/mol. The summed E-state index contributed by atoms with van der Waals surface area (Å²) in [5, 5.41) is 0. The maximum Gasteiger partial charge on any atom is 0.351 e. The van der Waals surface area contributed by atoms with Gasteiger partial charge in [-0.15, -0.1) is 0 Å². The van der Waals surface area contributed by atoms with Crippen LogP contribution in [0.1, 0.15) is 6.92 Å². The number of hydrazine groups is 1. The Hall–Kier alpha value is -0.370. The van der Waals surface area contributed by atoms with Gasteiger partial charge in [0.1, 0.15) is 0 Å². The molecular weight excluding hydrogens is 184 g/mol. The molecule has 0 saturated carbocycles.